The van der Waals surface area contributed by atoms with Crippen LogP contribution in [0.5, 0.6) is 0 Å². The molecule has 0 aliphatic carbocycles. The SMILES string of the molecule is CC(C)C(=O)C(=O)N1CCC(c2cnc(N3C4CNC3CN(C(C)C)C4)nc2)CC1. The van der Waals surface area contributed by atoms with E-state index in [1.165, 1.54) is 0 Å². The fourth-order valence-electron chi connectivity index (χ4n) is 4.81. The van der Waals surface area contributed by atoms with Gasteiger partial charge in [-0.15, -0.1) is 0 Å². The van der Waals surface area contributed by atoms with Crippen LogP contribution in [0.3, 0.4) is 0 Å². The van der Waals surface area contributed by atoms with Crippen molar-refractivity contribution < 1.29 is 9.59 Å². The van der Waals surface area contributed by atoms with E-state index in [2.05, 4.69) is 29.0 Å². The maximum atomic E-state index is 12.3. The van der Waals surface area contributed by atoms with Crippen LogP contribution in [-0.4, -0.2) is 82.4 Å². The number of piperidine rings is 1. The molecule has 0 spiro atoms. The van der Waals surface area contributed by atoms with Crippen molar-refractivity contribution in [3.05, 3.63) is 18.0 Å². The van der Waals surface area contributed by atoms with Crippen molar-refractivity contribution in [1.82, 2.24) is 25.1 Å². The summed E-state index contributed by atoms with van der Waals surface area (Å²) in [6.45, 7) is 12.3. The number of piperazine rings is 1. The number of nitrogens with zero attached hydrogens (tertiary/aromatic N) is 5. The van der Waals surface area contributed by atoms with Crippen LogP contribution in [-0.2, 0) is 9.59 Å². The quantitative estimate of drug-likeness (QED) is 0.726. The Hall–Kier alpha value is -2.06. The second kappa shape index (κ2) is 8.59. The molecule has 3 aliphatic heterocycles. The molecule has 1 aromatic heterocycles. The van der Waals surface area contributed by atoms with Crippen molar-refractivity contribution in [2.45, 2.75) is 64.7 Å². The summed E-state index contributed by atoms with van der Waals surface area (Å²) in [4.78, 5) is 40.2. The van der Waals surface area contributed by atoms with Crippen molar-refractivity contribution in [3.63, 3.8) is 0 Å². The average Bonchev–Trinajstić information content (AvgIpc) is 3.01. The van der Waals surface area contributed by atoms with Crippen molar-refractivity contribution in [1.29, 1.82) is 0 Å². The number of amides is 1. The molecule has 3 fully saturated rings. The minimum atomic E-state index is -0.335. The minimum Gasteiger partial charge on any atom is -0.336 e. The topological polar surface area (TPSA) is 81.7 Å². The lowest BCUT2D eigenvalue weighted by atomic mass is 9.91. The minimum absolute atomic E-state index is 0.247. The molecule has 4 rings (SSSR count). The molecule has 30 heavy (non-hydrogen) atoms. The smallest absolute Gasteiger partial charge is 0.290 e. The highest BCUT2D eigenvalue weighted by atomic mass is 16.2. The molecule has 2 atom stereocenters. The van der Waals surface area contributed by atoms with Crippen LogP contribution >= 0.6 is 0 Å². The van der Waals surface area contributed by atoms with E-state index in [1.807, 2.05) is 12.4 Å². The number of carbonyl (C=O) groups is 2. The summed E-state index contributed by atoms with van der Waals surface area (Å²) < 4.78 is 0. The van der Waals surface area contributed by atoms with E-state index in [0.29, 0.717) is 31.1 Å². The largest absolute Gasteiger partial charge is 0.336 e. The first-order valence-electron chi connectivity index (χ1n) is 11.3. The first-order valence-corrected chi connectivity index (χ1v) is 11.3. The van der Waals surface area contributed by atoms with Gasteiger partial charge in [-0.05, 0) is 38.2 Å². The van der Waals surface area contributed by atoms with Gasteiger partial charge in [-0.2, -0.15) is 0 Å². The Morgan fingerprint density at radius 1 is 1.07 bits per heavy atom. The van der Waals surface area contributed by atoms with Crippen LogP contribution in [0, 0.1) is 5.92 Å². The molecular formula is C22H34N6O2. The molecule has 8 heteroatoms. The standard InChI is InChI=1S/C22H34N6O2/c1-14(2)20(29)21(30)26-7-5-16(6-8-26)17-9-24-22(25-10-17)28-18-11-23-19(28)13-27(12-18)15(3)4/h9-10,14-16,18-19,23H,5-8,11-13H2,1-4H3. The molecule has 1 N–H and O–H groups in total. The van der Waals surface area contributed by atoms with Gasteiger partial charge in [0, 0.05) is 57.1 Å². The van der Waals surface area contributed by atoms with E-state index >= 15 is 0 Å². The molecule has 2 unspecified atom stereocenters. The highest BCUT2D eigenvalue weighted by molar-refractivity contribution is 6.36. The van der Waals surface area contributed by atoms with Crippen molar-refractivity contribution in [3.8, 4) is 0 Å². The molecule has 1 aromatic rings. The maximum Gasteiger partial charge on any atom is 0.290 e. The Kier molecular flexibility index (Phi) is 6.06. The summed E-state index contributed by atoms with van der Waals surface area (Å²) in [6, 6.07) is 0.957. The zero-order chi connectivity index (χ0) is 21.4. The number of fused-ring (bicyclic) bond motifs is 2. The number of anilines is 1. The van der Waals surface area contributed by atoms with Gasteiger partial charge in [0.2, 0.25) is 11.7 Å². The lowest BCUT2D eigenvalue weighted by Gasteiger charge is -2.41. The fraction of sp³-hybridized carbons (Fsp3) is 0.727. The van der Waals surface area contributed by atoms with Crippen LogP contribution < -0.4 is 10.2 Å². The van der Waals surface area contributed by atoms with Gasteiger partial charge in [0.1, 0.15) is 0 Å². The Balaban J connectivity index is 1.36. The average molecular weight is 415 g/mol. The van der Waals surface area contributed by atoms with Crippen LogP contribution in [0.15, 0.2) is 12.4 Å². The summed E-state index contributed by atoms with van der Waals surface area (Å²) in [5.74, 6) is 0.269. The number of rotatable bonds is 5. The lowest BCUT2D eigenvalue weighted by Crippen LogP contribution is -2.57. The van der Waals surface area contributed by atoms with Gasteiger partial charge in [0.25, 0.3) is 5.91 Å². The number of hydrogen-bond donors (Lipinski definition) is 1. The van der Waals surface area contributed by atoms with Crippen molar-refractivity contribution >= 4 is 17.6 Å². The third kappa shape index (κ3) is 4.07. The zero-order valence-electron chi connectivity index (χ0n) is 18.5. The van der Waals surface area contributed by atoms with Crippen LogP contribution in [0.25, 0.3) is 0 Å². The first kappa shape index (κ1) is 21.2. The molecule has 1 amide bonds. The van der Waals surface area contributed by atoms with Crippen LogP contribution in [0.1, 0.15) is 52.0 Å². The predicted octanol–water partition coefficient (Wildman–Crippen LogP) is 1.24. The number of hydrogen-bond acceptors (Lipinski definition) is 7. The van der Waals surface area contributed by atoms with Crippen molar-refractivity contribution in [2.75, 3.05) is 37.6 Å². The third-order valence-electron chi connectivity index (χ3n) is 6.78. The van der Waals surface area contributed by atoms with E-state index in [0.717, 1.165) is 44.0 Å². The van der Waals surface area contributed by atoms with E-state index in [9.17, 15) is 9.59 Å². The molecule has 4 heterocycles. The second-order valence-corrected chi connectivity index (χ2v) is 9.43. The normalized spacial score (nSPS) is 25.4. The summed E-state index contributed by atoms with van der Waals surface area (Å²) in [5, 5.41) is 3.60. The molecule has 3 saturated heterocycles. The lowest BCUT2D eigenvalue weighted by molar-refractivity contribution is -0.146. The Bertz CT molecular complexity index is 758. The van der Waals surface area contributed by atoms with E-state index in [4.69, 9.17) is 9.97 Å². The highest BCUT2D eigenvalue weighted by Gasteiger charge is 2.41. The molecule has 3 aliphatic rings. The number of carbonyl (C=O) groups excluding carboxylic acids is 2. The molecule has 0 saturated carbocycles. The first-order chi connectivity index (χ1) is 14.3. The molecule has 8 nitrogen and oxygen atoms in total. The Labute approximate surface area is 179 Å². The van der Waals surface area contributed by atoms with Crippen LogP contribution in [0.4, 0.5) is 5.95 Å². The van der Waals surface area contributed by atoms with Gasteiger partial charge in [0.05, 0.1) is 12.2 Å². The number of likely N-dealkylation sites (tertiary alicyclic amines) is 1. The summed E-state index contributed by atoms with van der Waals surface area (Å²) in [7, 11) is 0. The summed E-state index contributed by atoms with van der Waals surface area (Å²) in [5.41, 5.74) is 1.13. The molecule has 0 aromatic carbocycles. The fourth-order valence-corrected chi connectivity index (χ4v) is 4.81. The Morgan fingerprint density at radius 2 is 1.73 bits per heavy atom. The third-order valence-corrected chi connectivity index (χ3v) is 6.78. The number of ketones is 1. The monoisotopic (exact) mass is 414 g/mol. The maximum absolute atomic E-state index is 12.3. The predicted molar refractivity (Wildman–Crippen MR) is 115 cm³/mol. The number of Topliss-reactive ketones (excluding diaryl/α,β-unsaturated/α-hetero) is 1. The summed E-state index contributed by atoms with van der Waals surface area (Å²) in [6.07, 6.45) is 5.87. The van der Waals surface area contributed by atoms with Gasteiger partial charge in [-0.25, -0.2) is 9.97 Å². The van der Waals surface area contributed by atoms with Gasteiger partial charge in [-0.1, -0.05) is 13.8 Å². The second-order valence-electron chi connectivity index (χ2n) is 9.43. The molecule has 2 bridgehead atoms. The van der Waals surface area contributed by atoms with E-state index in [1.54, 1.807) is 18.7 Å². The van der Waals surface area contributed by atoms with Gasteiger partial charge in [-0.3, -0.25) is 19.8 Å². The van der Waals surface area contributed by atoms with Gasteiger partial charge < -0.3 is 9.80 Å². The van der Waals surface area contributed by atoms with Crippen LogP contribution in [0.2, 0.25) is 0 Å². The van der Waals surface area contributed by atoms with Gasteiger partial charge in [0.15, 0.2) is 0 Å². The number of aromatic nitrogens is 2. The zero-order valence-corrected chi connectivity index (χ0v) is 18.5. The number of nitrogens with one attached hydrogen (secondary N) is 1. The van der Waals surface area contributed by atoms with Gasteiger partial charge >= 0.3 is 0 Å². The molecule has 0 radical (unpaired) electrons. The highest BCUT2D eigenvalue weighted by Crippen LogP contribution is 2.30. The van der Waals surface area contributed by atoms with E-state index in [-0.39, 0.29) is 23.8 Å². The summed E-state index contributed by atoms with van der Waals surface area (Å²) >= 11 is 0. The van der Waals surface area contributed by atoms with Crippen molar-refractivity contribution in [2.24, 2.45) is 5.92 Å². The molecule has 164 valence electrons. The van der Waals surface area contributed by atoms with E-state index < -0.39 is 0 Å². The molecular weight excluding hydrogens is 380 g/mol. The Morgan fingerprint density at radius 3 is 2.30 bits per heavy atom.